The van der Waals surface area contributed by atoms with Crippen LogP contribution in [0, 0.1) is 6.92 Å². The van der Waals surface area contributed by atoms with Crippen LogP contribution in [0.3, 0.4) is 0 Å². The van der Waals surface area contributed by atoms with Gasteiger partial charge in [0.25, 0.3) is 0 Å². The maximum atomic E-state index is 11.8. The van der Waals surface area contributed by atoms with Gasteiger partial charge in [-0.3, -0.25) is 9.59 Å². The lowest BCUT2D eigenvalue weighted by Crippen LogP contribution is -2.29. The Balaban J connectivity index is 1.93. The van der Waals surface area contributed by atoms with Crippen LogP contribution in [0.1, 0.15) is 24.8 Å². The quantitative estimate of drug-likeness (QED) is 0.792. The zero-order chi connectivity index (χ0) is 13.8. The Morgan fingerprint density at radius 3 is 2.68 bits per heavy atom. The molecule has 0 bridgehead atoms. The fraction of sp³-hybridized carbons (Fsp3) is 0.429. The normalized spacial score (nSPS) is 13.8. The molecule has 5 nitrogen and oxygen atoms in total. The molecule has 2 rings (SSSR count). The van der Waals surface area contributed by atoms with E-state index < -0.39 is 0 Å². The number of rotatable bonds is 5. The average molecular weight is 262 g/mol. The van der Waals surface area contributed by atoms with Crippen molar-refractivity contribution in [3.63, 3.8) is 0 Å². The van der Waals surface area contributed by atoms with E-state index in [0.717, 1.165) is 18.4 Å². The molecule has 0 heterocycles. The molecule has 19 heavy (non-hydrogen) atoms. The van der Waals surface area contributed by atoms with Crippen LogP contribution in [-0.2, 0) is 9.59 Å². The van der Waals surface area contributed by atoms with E-state index in [1.54, 1.807) is 13.2 Å². The van der Waals surface area contributed by atoms with Crippen LogP contribution in [0.4, 0.5) is 5.69 Å². The largest absolute Gasteiger partial charge is 0.495 e. The number of aryl methyl sites for hydroxylation is 1. The van der Waals surface area contributed by atoms with Gasteiger partial charge in [-0.25, -0.2) is 0 Å². The van der Waals surface area contributed by atoms with Crippen LogP contribution in [-0.4, -0.2) is 25.0 Å². The molecule has 2 amide bonds. The predicted octanol–water partition coefficient (Wildman–Crippen LogP) is 1.61. The first kappa shape index (κ1) is 13.4. The number of hydrogen-bond acceptors (Lipinski definition) is 3. The molecule has 2 N–H and O–H groups in total. The Kier molecular flexibility index (Phi) is 4.04. The van der Waals surface area contributed by atoms with Crippen molar-refractivity contribution in [2.45, 2.75) is 32.2 Å². The van der Waals surface area contributed by atoms with Gasteiger partial charge in [0.2, 0.25) is 11.8 Å². The minimum atomic E-state index is -0.331. The van der Waals surface area contributed by atoms with Crippen LogP contribution in [0.15, 0.2) is 18.2 Å². The van der Waals surface area contributed by atoms with E-state index in [4.69, 9.17) is 4.74 Å². The van der Waals surface area contributed by atoms with Crippen molar-refractivity contribution in [2.75, 3.05) is 12.4 Å². The summed E-state index contributed by atoms with van der Waals surface area (Å²) < 4.78 is 5.17. The summed E-state index contributed by atoms with van der Waals surface area (Å²) in [5, 5.41) is 5.48. The molecule has 1 aromatic carbocycles. The van der Waals surface area contributed by atoms with Gasteiger partial charge < -0.3 is 15.4 Å². The molecule has 0 unspecified atom stereocenters. The summed E-state index contributed by atoms with van der Waals surface area (Å²) >= 11 is 0. The monoisotopic (exact) mass is 262 g/mol. The van der Waals surface area contributed by atoms with Crippen molar-refractivity contribution in [1.82, 2.24) is 5.32 Å². The molecule has 1 fully saturated rings. The van der Waals surface area contributed by atoms with Crippen molar-refractivity contribution in [3.8, 4) is 5.75 Å². The summed E-state index contributed by atoms with van der Waals surface area (Å²) in [5.41, 5.74) is 1.60. The Morgan fingerprint density at radius 1 is 1.32 bits per heavy atom. The number of hydrogen-bond donors (Lipinski definition) is 2. The maximum Gasteiger partial charge on any atom is 0.233 e. The molecular weight excluding hydrogens is 244 g/mol. The number of nitrogens with one attached hydrogen (secondary N) is 2. The summed E-state index contributed by atoms with van der Waals surface area (Å²) in [7, 11) is 1.54. The third kappa shape index (κ3) is 3.98. The zero-order valence-corrected chi connectivity index (χ0v) is 11.2. The van der Waals surface area contributed by atoms with Crippen LogP contribution in [0.2, 0.25) is 0 Å². The smallest absolute Gasteiger partial charge is 0.233 e. The predicted molar refractivity (Wildman–Crippen MR) is 72.1 cm³/mol. The second-order valence-corrected chi connectivity index (χ2v) is 4.77. The van der Waals surface area contributed by atoms with Crippen LogP contribution in [0.25, 0.3) is 0 Å². The topological polar surface area (TPSA) is 67.4 Å². The molecule has 0 radical (unpaired) electrons. The molecule has 1 saturated carbocycles. The third-order valence-corrected chi connectivity index (χ3v) is 2.89. The summed E-state index contributed by atoms with van der Waals surface area (Å²) in [6.07, 6.45) is 1.87. The lowest BCUT2D eigenvalue weighted by Gasteiger charge is -2.11. The van der Waals surface area contributed by atoms with Crippen molar-refractivity contribution in [3.05, 3.63) is 23.8 Å². The Morgan fingerprint density at radius 2 is 2.05 bits per heavy atom. The maximum absolute atomic E-state index is 11.8. The molecule has 5 heteroatoms. The van der Waals surface area contributed by atoms with Crippen LogP contribution in [0.5, 0.6) is 5.75 Å². The van der Waals surface area contributed by atoms with Crippen LogP contribution >= 0.6 is 0 Å². The molecule has 0 atom stereocenters. The molecule has 1 aliphatic rings. The first-order chi connectivity index (χ1) is 9.08. The molecule has 0 aromatic heterocycles. The molecule has 1 aliphatic carbocycles. The van der Waals surface area contributed by atoms with Crippen molar-refractivity contribution < 1.29 is 14.3 Å². The number of amides is 2. The molecule has 102 valence electrons. The van der Waals surface area contributed by atoms with E-state index in [0.29, 0.717) is 11.4 Å². The second kappa shape index (κ2) is 5.73. The van der Waals surface area contributed by atoms with Gasteiger partial charge in [-0.2, -0.15) is 0 Å². The van der Waals surface area contributed by atoms with Crippen molar-refractivity contribution in [1.29, 1.82) is 0 Å². The van der Waals surface area contributed by atoms with Crippen molar-refractivity contribution in [2.24, 2.45) is 0 Å². The van der Waals surface area contributed by atoms with E-state index in [1.807, 2.05) is 19.1 Å². The van der Waals surface area contributed by atoms with Crippen LogP contribution < -0.4 is 15.4 Å². The zero-order valence-electron chi connectivity index (χ0n) is 11.2. The van der Waals surface area contributed by atoms with Gasteiger partial charge in [0, 0.05) is 6.04 Å². The van der Waals surface area contributed by atoms with Gasteiger partial charge in [0.1, 0.15) is 12.2 Å². The number of methoxy groups -OCH3 is 1. The minimum absolute atomic E-state index is 0.159. The fourth-order valence-electron chi connectivity index (χ4n) is 1.77. The molecule has 0 aliphatic heterocycles. The number of carbonyl (C=O) groups is 2. The third-order valence-electron chi connectivity index (χ3n) is 2.89. The lowest BCUT2D eigenvalue weighted by molar-refractivity contribution is -0.126. The molecule has 0 spiro atoms. The summed E-state index contributed by atoms with van der Waals surface area (Å²) in [6.45, 7) is 1.93. The first-order valence-corrected chi connectivity index (χ1v) is 6.32. The highest BCUT2D eigenvalue weighted by Crippen LogP contribution is 2.25. The number of ether oxygens (including phenoxy) is 1. The van der Waals surface area contributed by atoms with E-state index in [9.17, 15) is 9.59 Å². The van der Waals surface area contributed by atoms with E-state index in [1.165, 1.54) is 0 Å². The highest BCUT2D eigenvalue weighted by Gasteiger charge is 2.24. The van der Waals surface area contributed by atoms with E-state index in [-0.39, 0.29) is 24.3 Å². The molecule has 0 saturated heterocycles. The van der Waals surface area contributed by atoms with E-state index in [2.05, 4.69) is 10.6 Å². The fourth-order valence-corrected chi connectivity index (χ4v) is 1.77. The summed E-state index contributed by atoms with van der Waals surface area (Å²) in [4.78, 5) is 23.3. The number of anilines is 1. The Hall–Kier alpha value is -2.04. The lowest BCUT2D eigenvalue weighted by atomic mass is 10.2. The van der Waals surface area contributed by atoms with Gasteiger partial charge >= 0.3 is 0 Å². The second-order valence-electron chi connectivity index (χ2n) is 4.77. The Bertz CT molecular complexity index is 495. The van der Waals surface area contributed by atoms with Gasteiger partial charge in [-0.1, -0.05) is 6.07 Å². The summed E-state index contributed by atoms with van der Waals surface area (Å²) in [6, 6.07) is 5.77. The highest BCUT2D eigenvalue weighted by atomic mass is 16.5. The first-order valence-electron chi connectivity index (χ1n) is 6.32. The highest BCUT2D eigenvalue weighted by molar-refractivity contribution is 6.04. The molecule has 1 aromatic rings. The van der Waals surface area contributed by atoms with Gasteiger partial charge in [-0.15, -0.1) is 0 Å². The minimum Gasteiger partial charge on any atom is -0.495 e. The average Bonchev–Trinajstić information content (AvgIpc) is 3.12. The van der Waals surface area contributed by atoms with Crippen molar-refractivity contribution >= 4 is 17.5 Å². The summed E-state index contributed by atoms with van der Waals surface area (Å²) in [5.74, 6) is 0.0234. The number of carbonyl (C=O) groups excluding carboxylic acids is 2. The standard InChI is InChI=1S/C14H18N2O3/c1-9-3-6-12(19-2)11(7-9)16-14(18)8-13(17)15-10-4-5-10/h3,6-7,10H,4-5,8H2,1-2H3,(H,15,17)(H,16,18). The SMILES string of the molecule is COc1ccc(C)cc1NC(=O)CC(=O)NC1CC1. The Labute approximate surface area is 112 Å². The van der Waals surface area contributed by atoms with Gasteiger partial charge in [0.05, 0.1) is 12.8 Å². The van der Waals surface area contributed by atoms with Gasteiger partial charge in [0.15, 0.2) is 0 Å². The molecular formula is C14H18N2O3. The van der Waals surface area contributed by atoms with E-state index >= 15 is 0 Å². The van der Waals surface area contributed by atoms with Gasteiger partial charge in [-0.05, 0) is 37.5 Å². The number of benzene rings is 1.